The Balaban J connectivity index is 1.83. The fourth-order valence-electron chi connectivity index (χ4n) is 3.43. The number of nitrogen functional groups attached to an aromatic ring is 1. The molecule has 0 aliphatic carbocycles. The summed E-state index contributed by atoms with van der Waals surface area (Å²) >= 11 is 0. The molecule has 2 aromatic rings. The van der Waals surface area contributed by atoms with Crippen molar-refractivity contribution in [2.75, 3.05) is 61.6 Å². The van der Waals surface area contributed by atoms with Crippen LogP contribution in [0.3, 0.4) is 0 Å². The summed E-state index contributed by atoms with van der Waals surface area (Å²) in [5, 5.41) is 0. The van der Waals surface area contributed by atoms with Crippen molar-refractivity contribution in [1.82, 2.24) is 19.9 Å². The van der Waals surface area contributed by atoms with E-state index in [-0.39, 0.29) is 28.8 Å². The van der Waals surface area contributed by atoms with Crippen molar-refractivity contribution in [3.63, 3.8) is 0 Å². The third kappa shape index (κ3) is 4.17. The molecule has 9 nitrogen and oxygen atoms in total. The van der Waals surface area contributed by atoms with Crippen LogP contribution in [-0.2, 0) is 9.47 Å². The first kappa shape index (κ1) is 20.4. The Bertz CT molecular complexity index is 908. The maximum absolute atomic E-state index is 13.7. The molecule has 1 atom stereocenters. The summed E-state index contributed by atoms with van der Waals surface area (Å²) < 4.78 is 38.3. The Morgan fingerprint density at radius 2 is 1.83 bits per heavy atom. The van der Waals surface area contributed by atoms with Gasteiger partial charge in [0.1, 0.15) is 5.82 Å². The first-order chi connectivity index (χ1) is 14.6. The summed E-state index contributed by atoms with van der Waals surface area (Å²) in [4.78, 5) is 21.5. The fourth-order valence-corrected chi connectivity index (χ4v) is 3.43. The number of anilines is 3. The largest absolute Gasteiger partial charge is 0.384 e. The second kappa shape index (κ2) is 8.84. The molecule has 2 aliphatic rings. The van der Waals surface area contributed by atoms with Gasteiger partial charge in [0.25, 0.3) is 6.43 Å². The molecule has 0 bridgehead atoms. The van der Waals surface area contributed by atoms with Gasteiger partial charge in [-0.1, -0.05) is 6.08 Å². The van der Waals surface area contributed by atoms with Gasteiger partial charge in [-0.25, -0.2) is 13.8 Å². The number of rotatable bonds is 5. The van der Waals surface area contributed by atoms with Gasteiger partial charge in [-0.05, 0) is 6.07 Å². The average Bonchev–Trinajstić information content (AvgIpc) is 2.79. The van der Waals surface area contributed by atoms with Gasteiger partial charge in [-0.2, -0.15) is 15.0 Å². The molecule has 30 heavy (non-hydrogen) atoms. The fraction of sp³-hybridized carbons (Fsp3) is 0.474. The molecular formula is C19H23F2N7O2. The Kier molecular flexibility index (Phi) is 6.00. The Hall–Kier alpha value is -2.92. The zero-order chi connectivity index (χ0) is 21.1. The zero-order valence-corrected chi connectivity index (χ0v) is 16.4. The average molecular weight is 419 g/mol. The first-order valence-electron chi connectivity index (χ1n) is 9.66. The molecule has 0 aromatic carbocycles. The highest BCUT2D eigenvalue weighted by Gasteiger charge is 2.27. The quantitative estimate of drug-likeness (QED) is 0.725. The summed E-state index contributed by atoms with van der Waals surface area (Å²) in [5.41, 5.74) is 5.48. The lowest BCUT2D eigenvalue weighted by atomic mass is 10.1. The van der Waals surface area contributed by atoms with Gasteiger partial charge in [0.05, 0.1) is 32.5 Å². The predicted octanol–water partition coefficient (Wildman–Crippen LogP) is 1.68. The van der Waals surface area contributed by atoms with Gasteiger partial charge in [0, 0.05) is 37.0 Å². The number of morpholine rings is 2. The third-order valence-corrected chi connectivity index (χ3v) is 5.03. The van der Waals surface area contributed by atoms with E-state index in [9.17, 15) is 8.78 Å². The van der Waals surface area contributed by atoms with Crippen molar-refractivity contribution in [1.29, 1.82) is 0 Å². The monoisotopic (exact) mass is 419 g/mol. The number of halogens is 2. The number of alkyl halides is 2. The molecule has 2 saturated heterocycles. The number of pyridine rings is 1. The van der Waals surface area contributed by atoms with Gasteiger partial charge in [-0.3, -0.25) is 0 Å². The highest BCUT2D eigenvalue weighted by atomic mass is 19.3. The van der Waals surface area contributed by atoms with Gasteiger partial charge in [0.15, 0.2) is 5.82 Å². The van der Waals surface area contributed by atoms with Gasteiger partial charge in [-0.15, -0.1) is 6.58 Å². The molecule has 0 spiro atoms. The Labute approximate surface area is 172 Å². The molecule has 2 N–H and O–H groups in total. The lowest BCUT2D eigenvalue weighted by Gasteiger charge is -2.34. The van der Waals surface area contributed by atoms with Crippen LogP contribution in [0, 0.1) is 0 Å². The second-order valence-electron chi connectivity index (χ2n) is 6.93. The minimum atomic E-state index is -2.75. The maximum atomic E-state index is 13.7. The molecule has 0 radical (unpaired) electrons. The van der Waals surface area contributed by atoms with Crippen molar-refractivity contribution in [3.05, 3.63) is 30.5 Å². The van der Waals surface area contributed by atoms with Gasteiger partial charge >= 0.3 is 0 Å². The van der Waals surface area contributed by atoms with Crippen LogP contribution in [0.1, 0.15) is 12.0 Å². The van der Waals surface area contributed by atoms with E-state index in [0.29, 0.717) is 58.0 Å². The van der Waals surface area contributed by atoms with Crippen molar-refractivity contribution in [3.8, 4) is 11.4 Å². The SMILES string of the molecule is C=C[C@H]1COCCN1c1nc(-c2cnc(N)cc2C(F)F)nc(N2CCOCC2)n1. The molecule has 0 saturated carbocycles. The predicted molar refractivity (Wildman–Crippen MR) is 108 cm³/mol. The molecule has 0 amide bonds. The maximum Gasteiger partial charge on any atom is 0.264 e. The molecule has 2 aliphatic heterocycles. The molecule has 11 heteroatoms. The van der Waals surface area contributed by atoms with Gasteiger partial charge < -0.3 is 25.0 Å². The van der Waals surface area contributed by atoms with E-state index < -0.39 is 6.43 Å². The molecular weight excluding hydrogens is 396 g/mol. The van der Waals surface area contributed by atoms with Crippen LogP contribution in [0.2, 0.25) is 0 Å². The molecule has 2 fully saturated rings. The smallest absolute Gasteiger partial charge is 0.264 e. The van der Waals surface area contributed by atoms with Crippen LogP contribution < -0.4 is 15.5 Å². The normalized spacial score (nSPS) is 19.9. The van der Waals surface area contributed by atoms with Crippen molar-refractivity contribution in [2.45, 2.75) is 12.5 Å². The Morgan fingerprint density at radius 3 is 2.57 bits per heavy atom. The lowest BCUT2D eigenvalue weighted by Crippen LogP contribution is -2.45. The first-order valence-corrected chi connectivity index (χ1v) is 9.66. The minimum Gasteiger partial charge on any atom is -0.384 e. The number of hydrogen-bond acceptors (Lipinski definition) is 9. The number of nitrogens with two attached hydrogens (primary N) is 1. The number of ether oxygens (including phenoxy) is 2. The van der Waals surface area contributed by atoms with Crippen LogP contribution in [0.5, 0.6) is 0 Å². The van der Waals surface area contributed by atoms with Crippen LogP contribution >= 0.6 is 0 Å². The highest BCUT2D eigenvalue weighted by molar-refractivity contribution is 5.64. The summed E-state index contributed by atoms with van der Waals surface area (Å²) in [6.07, 6.45) is 0.289. The molecule has 0 unspecified atom stereocenters. The van der Waals surface area contributed by atoms with Crippen molar-refractivity contribution in [2.24, 2.45) is 0 Å². The summed E-state index contributed by atoms with van der Waals surface area (Å²) in [7, 11) is 0. The molecule has 4 heterocycles. The standard InChI is InChI=1S/C19H23F2N7O2/c1-2-12-11-30-8-5-28(12)19-25-17(14-10-23-15(22)9-13(14)16(20)21)24-18(26-19)27-3-6-29-7-4-27/h2,9-10,12,16H,1,3-8,11H2,(H2,22,23)/t12-/m0/s1. The van der Waals surface area contributed by atoms with Crippen LogP contribution in [-0.4, -0.2) is 72.0 Å². The van der Waals surface area contributed by atoms with Crippen molar-refractivity contribution >= 4 is 17.7 Å². The van der Waals surface area contributed by atoms with Gasteiger partial charge in [0.2, 0.25) is 11.9 Å². The summed E-state index contributed by atoms with van der Waals surface area (Å²) in [6, 6.07) is 1.02. The molecule has 4 rings (SSSR count). The summed E-state index contributed by atoms with van der Waals surface area (Å²) in [5.74, 6) is 0.923. The summed E-state index contributed by atoms with van der Waals surface area (Å²) in [6.45, 7) is 7.62. The van der Waals surface area contributed by atoms with E-state index in [4.69, 9.17) is 15.2 Å². The van der Waals surface area contributed by atoms with E-state index >= 15 is 0 Å². The van der Waals surface area contributed by atoms with Crippen LogP contribution in [0.25, 0.3) is 11.4 Å². The van der Waals surface area contributed by atoms with Crippen LogP contribution in [0.15, 0.2) is 24.9 Å². The molecule has 2 aromatic heterocycles. The Morgan fingerprint density at radius 1 is 1.10 bits per heavy atom. The van der Waals surface area contributed by atoms with E-state index in [2.05, 4.69) is 26.5 Å². The number of aromatic nitrogens is 4. The number of nitrogens with zero attached hydrogens (tertiary/aromatic N) is 6. The zero-order valence-electron chi connectivity index (χ0n) is 16.4. The topological polar surface area (TPSA) is 103 Å². The van der Waals surface area contributed by atoms with E-state index in [0.717, 1.165) is 6.07 Å². The van der Waals surface area contributed by atoms with Crippen LogP contribution in [0.4, 0.5) is 26.5 Å². The highest BCUT2D eigenvalue weighted by Crippen LogP contribution is 2.32. The number of hydrogen-bond donors (Lipinski definition) is 1. The third-order valence-electron chi connectivity index (χ3n) is 5.03. The minimum absolute atomic E-state index is 0.0108. The second-order valence-corrected chi connectivity index (χ2v) is 6.93. The van der Waals surface area contributed by atoms with E-state index in [1.165, 1.54) is 6.20 Å². The lowest BCUT2D eigenvalue weighted by molar-refractivity contribution is 0.105. The molecule has 160 valence electrons. The van der Waals surface area contributed by atoms with E-state index in [1.54, 1.807) is 6.08 Å². The van der Waals surface area contributed by atoms with E-state index in [1.807, 2.05) is 9.80 Å². The van der Waals surface area contributed by atoms with Crippen molar-refractivity contribution < 1.29 is 18.3 Å².